The highest BCUT2D eigenvalue weighted by molar-refractivity contribution is 5.69. The van der Waals surface area contributed by atoms with Gasteiger partial charge >= 0.3 is 0 Å². The molecule has 0 saturated heterocycles. The van der Waals surface area contributed by atoms with Crippen LogP contribution in [-0.4, -0.2) is 5.16 Å². The molecule has 1 atom stereocenters. The van der Waals surface area contributed by atoms with Crippen molar-refractivity contribution in [2.75, 3.05) is 0 Å². The third-order valence-corrected chi connectivity index (χ3v) is 3.63. The van der Waals surface area contributed by atoms with Crippen LogP contribution in [0.1, 0.15) is 18.0 Å². The van der Waals surface area contributed by atoms with Gasteiger partial charge in [0.05, 0.1) is 0 Å². The van der Waals surface area contributed by atoms with Crippen molar-refractivity contribution >= 4 is 0 Å². The first kappa shape index (κ1) is 14.3. The fraction of sp³-hybridized carbons (Fsp3) is 0.105. The SMILES string of the molecule is C=CCC(N)c1ccccc1-c1cc(-c2ccccc2)on1. The minimum atomic E-state index is -0.0921. The Kier molecular flexibility index (Phi) is 4.17. The van der Waals surface area contributed by atoms with Gasteiger partial charge in [-0.2, -0.15) is 0 Å². The molecule has 3 aromatic rings. The third kappa shape index (κ3) is 2.85. The van der Waals surface area contributed by atoms with Gasteiger partial charge in [-0.05, 0) is 12.0 Å². The number of hydrogen-bond donors (Lipinski definition) is 1. The molecule has 3 rings (SSSR count). The fourth-order valence-electron chi connectivity index (χ4n) is 2.50. The molecule has 0 amide bonds. The van der Waals surface area contributed by atoms with E-state index in [2.05, 4.69) is 11.7 Å². The number of nitrogens with zero attached hydrogens (tertiary/aromatic N) is 1. The molecule has 0 saturated carbocycles. The van der Waals surface area contributed by atoms with Crippen LogP contribution >= 0.6 is 0 Å². The van der Waals surface area contributed by atoms with Crippen molar-refractivity contribution in [2.24, 2.45) is 5.73 Å². The minimum Gasteiger partial charge on any atom is -0.356 e. The van der Waals surface area contributed by atoms with Gasteiger partial charge in [-0.3, -0.25) is 0 Å². The smallest absolute Gasteiger partial charge is 0.167 e. The lowest BCUT2D eigenvalue weighted by atomic mass is 9.96. The molecule has 0 spiro atoms. The van der Waals surface area contributed by atoms with Crippen molar-refractivity contribution in [3.05, 3.63) is 78.9 Å². The quantitative estimate of drug-likeness (QED) is 0.699. The Bertz CT molecular complexity index is 762. The maximum Gasteiger partial charge on any atom is 0.167 e. The van der Waals surface area contributed by atoms with E-state index in [4.69, 9.17) is 10.3 Å². The second kappa shape index (κ2) is 6.41. The number of nitrogens with two attached hydrogens (primary N) is 1. The first-order valence-corrected chi connectivity index (χ1v) is 7.27. The van der Waals surface area contributed by atoms with E-state index in [1.54, 1.807) is 0 Å². The van der Waals surface area contributed by atoms with Crippen LogP contribution in [0.5, 0.6) is 0 Å². The summed E-state index contributed by atoms with van der Waals surface area (Å²) in [5, 5.41) is 4.21. The van der Waals surface area contributed by atoms with Gasteiger partial charge in [-0.1, -0.05) is 65.8 Å². The van der Waals surface area contributed by atoms with E-state index in [-0.39, 0.29) is 6.04 Å². The molecule has 0 aliphatic rings. The molecular formula is C19H18N2O. The van der Waals surface area contributed by atoms with E-state index in [0.717, 1.165) is 34.6 Å². The number of hydrogen-bond acceptors (Lipinski definition) is 3. The Hall–Kier alpha value is -2.65. The molecule has 0 bridgehead atoms. The summed E-state index contributed by atoms with van der Waals surface area (Å²) >= 11 is 0. The first-order chi connectivity index (χ1) is 10.8. The molecule has 110 valence electrons. The first-order valence-electron chi connectivity index (χ1n) is 7.27. The van der Waals surface area contributed by atoms with Crippen molar-refractivity contribution in [3.63, 3.8) is 0 Å². The molecule has 22 heavy (non-hydrogen) atoms. The maximum absolute atomic E-state index is 6.23. The fourth-order valence-corrected chi connectivity index (χ4v) is 2.50. The third-order valence-electron chi connectivity index (χ3n) is 3.63. The summed E-state index contributed by atoms with van der Waals surface area (Å²) in [6.07, 6.45) is 2.56. The summed E-state index contributed by atoms with van der Waals surface area (Å²) < 4.78 is 5.49. The largest absolute Gasteiger partial charge is 0.356 e. The van der Waals surface area contributed by atoms with Crippen LogP contribution in [0.25, 0.3) is 22.6 Å². The summed E-state index contributed by atoms with van der Waals surface area (Å²) in [5.74, 6) is 0.752. The summed E-state index contributed by atoms with van der Waals surface area (Å²) in [6, 6.07) is 19.8. The van der Waals surface area contributed by atoms with Crippen molar-refractivity contribution in [1.82, 2.24) is 5.16 Å². The maximum atomic E-state index is 6.23. The molecule has 0 fully saturated rings. The van der Waals surface area contributed by atoms with Gasteiger partial charge in [-0.25, -0.2) is 0 Å². The molecule has 3 heteroatoms. The van der Waals surface area contributed by atoms with Gasteiger partial charge < -0.3 is 10.3 Å². The summed E-state index contributed by atoms with van der Waals surface area (Å²) in [5.41, 5.74) is 10.1. The van der Waals surface area contributed by atoms with Crippen molar-refractivity contribution in [2.45, 2.75) is 12.5 Å². The van der Waals surface area contributed by atoms with Gasteiger partial charge in [0.25, 0.3) is 0 Å². The van der Waals surface area contributed by atoms with Gasteiger partial charge in [0.2, 0.25) is 0 Å². The van der Waals surface area contributed by atoms with Crippen LogP contribution in [0.4, 0.5) is 0 Å². The Balaban J connectivity index is 1.99. The number of aromatic nitrogens is 1. The molecule has 1 unspecified atom stereocenters. The number of benzene rings is 2. The minimum absolute atomic E-state index is 0.0921. The molecule has 0 aliphatic heterocycles. The van der Waals surface area contributed by atoms with Gasteiger partial charge in [-0.15, -0.1) is 6.58 Å². The lowest BCUT2D eigenvalue weighted by Crippen LogP contribution is -2.10. The molecule has 2 N–H and O–H groups in total. The van der Waals surface area contributed by atoms with E-state index >= 15 is 0 Å². The second-order valence-corrected chi connectivity index (χ2v) is 5.16. The Morgan fingerprint density at radius 2 is 1.82 bits per heavy atom. The van der Waals surface area contributed by atoms with Crippen molar-refractivity contribution < 1.29 is 4.52 Å². The predicted molar refractivity (Wildman–Crippen MR) is 89.1 cm³/mol. The van der Waals surface area contributed by atoms with Gasteiger partial charge in [0.15, 0.2) is 5.76 Å². The van der Waals surface area contributed by atoms with E-state index in [0.29, 0.717) is 0 Å². The van der Waals surface area contributed by atoms with Gasteiger partial charge in [0.1, 0.15) is 5.69 Å². The zero-order chi connectivity index (χ0) is 15.4. The van der Waals surface area contributed by atoms with Crippen LogP contribution in [0.3, 0.4) is 0 Å². The normalized spacial score (nSPS) is 12.0. The molecule has 1 heterocycles. The van der Waals surface area contributed by atoms with E-state index in [1.165, 1.54) is 0 Å². The predicted octanol–water partition coefficient (Wildman–Crippen LogP) is 4.58. The van der Waals surface area contributed by atoms with Crippen LogP contribution in [0, 0.1) is 0 Å². The standard InChI is InChI=1S/C19H18N2O/c1-2-8-17(20)15-11-6-7-12-16(15)18-13-19(22-21-18)14-9-4-3-5-10-14/h2-7,9-13,17H,1,8,20H2. The highest BCUT2D eigenvalue weighted by Crippen LogP contribution is 2.31. The van der Waals surface area contributed by atoms with Crippen LogP contribution in [-0.2, 0) is 0 Å². The second-order valence-electron chi connectivity index (χ2n) is 5.16. The van der Waals surface area contributed by atoms with Crippen LogP contribution < -0.4 is 5.73 Å². The highest BCUT2D eigenvalue weighted by Gasteiger charge is 2.15. The Labute approximate surface area is 130 Å². The van der Waals surface area contributed by atoms with E-state index < -0.39 is 0 Å². The molecule has 0 radical (unpaired) electrons. The molecule has 1 aromatic heterocycles. The van der Waals surface area contributed by atoms with E-state index in [9.17, 15) is 0 Å². The summed E-state index contributed by atoms with van der Waals surface area (Å²) in [7, 11) is 0. The molecular weight excluding hydrogens is 272 g/mol. The zero-order valence-corrected chi connectivity index (χ0v) is 12.3. The average Bonchev–Trinajstić information content (AvgIpc) is 3.06. The van der Waals surface area contributed by atoms with E-state index in [1.807, 2.05) is 66.7 Å². The van der Waals surface area contributed by atoms with Crippen LogP contribution in [0.15, 0.2) is 77.8 Å². The molecule has 3 nitrogen and oxygen atoms in total. The summed E-state index contributed by atoms with van der Waals surface area (Å²) in [4.78, 5) is 0. The average molecular weight is 290 g/mol. The lowest BCUT2D eigenvalue weighted by molar-refractivity contribution is 0.435. The Morgan fingerprint density at radius 1 is 1.09 bits per heavy atom. The lowest BCUT2D eigenvalue weighted by Gasteiger charge is -2.13. The van der Waals surface area contributed by atoms with Gasteiger partial charge in [0, 0.05) is 23.2 Å². The zero-order valence-electron chi connectivity index (χ0n) is 12.3. The number of rotatable bonds is 5. The Morgan fingerprint density at radius 3 is 2.59 bits per heavy atom. The molecule has 2 aromatic carbocycles. The van der Waals surface area contributed by atoms with Crippen LogP contribution in [0.2, 0.25) is 0 Å². The monoisotopic (exact) mass is 290 g/mol. The van der Waals surface area contributed by atoms with Crippen molar-refractivity contribution in [1.29, 1.82) is 0 Å². The molecule has 0 aliphatic carbocycles. The highest BCUT2D eigenvalue weighted by atomic mass is 16.5. The van der Waals surface area contributed by atoms with Crippen molar-refractivity contribution in [3.8, 4) is 22.6 Å². The summed E-state index contributed by atoms with van der Waals surface area (Å²) in [6.45, 7) is 3.76. The topological polar surface area (TPSA) is 52.0 Å².